The molecule has 0 aliphatic carbocycles. The van der Waals surface area contributed by atoms with E-state index in [1.807, 2.05) is 24.3 Å². The van der Waals surface area contributed by atoms with Crippen LogP contribution in [0.3, 0.4) is 0 Å². The van der Waals surface area contributed by atoms with Crippen LogP contribution in [0.1, 0.15) is 24.8 Å². The smallest absolute Gasteiger partial charge is 0.217 e. The van der Waals surface area contributed by atoms with Crippen molar-refractivity contribution in [1.29, 1.82) is 0 Å². The van der Waals surface area contributed by atoms with Crippen LogP contribution >= 0.6 is 11.6 Å². The maximum atomic E-state index is 11.1. The molecule has 1 unspecified atom stereocenters. The number of guanidine groups is 1. The number of aliphatic imine (C=N–C) groups is 1. The van der Waals surface area contributed by atoms with Crippen LogP contribution in [-0.2, 0) is 11.2 Å². The summed E-state index contributed by atoms with van der Waals surface area (Å²) < 4.78 is 0. The molecule has 2 rings (SSSR count). The Hall–Kier alpha value is -1.75. The minimum Gasteiger partial charge on any atom is -0.370 e. The van der Waals surface area contributed by atoms with Crippen molar-refractivity contribution in [2.75, 3.05) is 26.7 Å². The molecule has 0 bridgehead atoms. The van der Waals surface area contributed by atoms with Gasteiger partial charge >= 0.3 is 0 Å². The molecule has 23 heavy (non-hydrogen) atoms. The van der Waals surface area contributed by atoms with E-state index in [1.54, 1.807) is 7.05 Å². The van der Waals surface area contributed by atoms with Crippen molar-refractivity contribution in [2.24, 2.45) is 16.6 Å². The third-order valence-corrected chi connectivity index (χ3v) is 4.38. The van der Waals surface area contributed by atoms with Gasteiger partial charge in [0.2, 0.25) is 5.91 Å². The first-order valence-electron chi connectivity index (χ1n) is 8.07. The number of nitrogens with zero attached hydrogens (tertiary/aromatic N) is 2. The molecule has 1 amide bonds. The Morgan fingerprint density at radius 3 is 2.83 bits per heavy atom. The Morgan fingerprint density at radius 1 is 1.43 bits per heavy atom. The van der Waals surface area contributed by atoms with Crippen LogP contribution in [0.15, 0.2) is 29.3 Å². The number of primary amides is 1. The van der Waals surface area contributed by atoms with E-state index in [0.717, 1.165) is 49.9 Å². The minimum absolute atomic E-state index is 0.220. The summed E-state index contributed by atoms with van der Waals surface area (Å²) in [6.45, 7) is 2.62. The molecule has 0 radical (unpaired) electrons. The van der Waals surface area contributed by atoms with E-state index in [4.69, 9.17) is 17.3 Å². The zero-order valence-electron chi connectivity index (χ0n) is 13.6. The lowest BCUT2D eigenvalue weighted by atomic mass is 9.95. The molecule has 1 fully saturated rings. The highest BCUT2D eigenvalue weighted by Gasteiger charge is 2.23. The average molecular weight is 337 g/mol. The van der Waals surface area contributed by atoms with Gasteiger partial charge in [-0.2, -0.15) is 0 Å². The van der Waals surface area contributed by atoms with Gasteiger partial charge in [-0.05, 0) is 42.9 Å². The van der Waals surface area contributed by atoms with E-state index in [0.29, 0.717) is 12.3 Å². The van der Waals surface area contributed by atoms with Gasteiger partial charge in [-0.3, -0.25) is 9.79 Å². The average Bonchev–Trinajstić information content (AvgIpc) is 2.53. The monoisotopic (exact) mass is 336 g/mol. The molecule has 1 heterocycles. The number of hydrogen-bond acceptors (Lipinski definition) is 2. The Balaban J connectivity index is 1.82. The second-order valence-electron chi connectivity index (χ2n) is 5.98. The summed E-state index contributed by atoms with van der Waals surface area (Å²) in [6.07, 6.45) is 3.49. The topological polar surface area (TPSA) is 70.7 Å². The molecule has 0 spiro atoms. The van der Waals surface area contributed by atoms with Crippen molar-refractivity contribution in [2.45, 2.75) is 25.7 Å². The molecule has 1 aromatic rings. The van der Waals surface area contributed by atoms with Gasteiger partial charge in [0.1, 0.15) is 0 Å². The molecule has 5 nitrogen and oxygen atoms in total. The van der Waals surface area contributed by atoms with Crippen molar-refractivity contribution in [1.82, 2.24) is 10.2 Å². The highest BCUT2D eigenvalue weighted by molar-refractivity contribution is 6.30. The van der Waals surface area contributed by atoms with E-state index in [-0.39, 0.29) is 5.91 Å². The first-order valence-corrected chi connectivity index (χ1v) is 8.44. The fraction of sp³-hybridized carbons (Fsp3) is 0.529. The predicted octanol–water partition coefficient (Wildman–Crippen LogP) is 2.05. The van der Waals surface area contributed by atoms with E-state index >= 15 is 0 Å². The van der Waals surface area contributed by atoms with E-state index < -0.39 is 0 Å². The van der Waals surface area contributed by atoms with Gasteiger partial charge in [0.05, 0.1) is 0 Å². The fourth-order valence-corrected chi connectivity index (χ4v) is 3.14. The van der Waals surface area contributed by atoms with Gasteiger partial charge in [-0.25, -0.2) is 0 Å². The molecular formula is C17H25ClN4O. The number of piperidine rings is 1. The van der Waals surface area contributed by atoms with Crippen molar-refractivity contribution in [3.05, 3.63) is 34.9 Å². The highest BCUT2D eigenvalue weighted by Crippen LogP contribution is 2.19. The first kappa shape index (κ1) is 17.6. The zero-order chi connectivity index (χ0) is 16.7. The Bertz CT molecular complexity index is 544. The van der Waals surface area contributed by atoms with E-state index in [9.17, 15) is 4.79 Å². The van der Waals surface area contributed by atoms with Crippen LogP contribution in [0.25, 0.3) is 0 Å². The van der Waals surface area contributed by atoms with Crippen molar-refractivity contribution in [3.63, 3.8) is 0 Å². The molecule has 3 N–H and O–H groups in total. The number of nitrogens with one attached hydrogen (secondary N) is 1. The molecule has 1 atom stereocenters. The summed E-state index contributed by atoms with van der Waals surface area (Å²) in [5, 5.41) is 4.16. The van der Waals surface area contributed by atoms with Crippen LogP contribution in [0.4, 0.5) is 0 Å². The normalized spacial score (nSPS) is 18.8. The summed E-state index contributed by atoms with van der Waals surface area (Å²) in [6, 6.07) is 7.89. The van der Waals surface area contributed by atoms with Crippen LogP contribution in [0.2, 0.25) is 5.02 Å². The van der Waals surface area contributed by atoms with Gasteiger partial charge in [0.25, 0.3) is 0 Å². The van der Waals surface area contributed by atoms with Gasteiger partial charge in [0.15, 0.2) is 5.96 Å². The zero-order valence-corrected chi connectivity index (χ0v) is 14.4. The quantitative estimate of drug-likeness (QED) is 0.638. The molecule has 1 aliphatic heterocycles. The molecule has 126 valence electrons. The number of carbonyl (C=O) groups excluding carboxylic acids is 1. The lowest BCUT2D eigenvalue weighted by Crippen LogP contribution is -2.47. The largest absolute Gasteiger partial charge is 0.370 e. The van der Waals surface area contributed by atoms with Gasteiger partial charge in [-0.1, -0.05) is 23.7 Å². The minimum atomic E-state index is -0.220. The number of halogens is 1. The van der Waals surface area contributed by atoms with Crippen LogP contribution in [0, 0.1) is 5.92 Å². The highest BCUT2D eigenvalue weighted by atomic mass is 35.5. The first-order chi connectivity index (χ1) is 11.1. The number of carbonyl (C=O) groups is 1. The fourth-order valence-electron chi connectivity index (χ4n) is 3.01. The van der Waals surface area contributed by atoms with E-state index in [1.165, 1.54) is 5.56 Å². The lowest BCUT2D eigenvalue weighted by Gasteiger charge is -2.34. The maximum absolute atomic E-state index is 11.1. The molecular weight excluding hydrogens is 312 g/mol. The SMILES string of the molecule is CN=C(NCCc1ccc(Cl)cc1)N1CCCC(CC(N)=O)C1. The summed E-state index contributed by atoms with van der Waals surface area (Å²) in [4.78, 5) is 17.7. The van der Waals surface area contributed by atoms with Gasteiger partial charge in [-0.15, -0.1) is 0 Å². The lowest BCUT2D eigenvalue weighted by molar-refractivity contribution is -0.119. The van der Waals surface area contributed by atoms with Crippen LogP contribution < -0.4 is 11.1 Å². The van der Waals surface area contributed by atoms with Crippen molar-refractivity contribution in [3.8, 4) is 0 Å². The number of likely N-dealkylation sites (tertiary alicyclic amines) is 1. The van der Waals surface area contributed by atoms with E-state index in [2.05, 4.69) is 15.2 Å². The number of hydrogen-bond donors (Lipinski definition) is 2. The van der Waals surface area contributed by atoms with Crippen molar-refractivity contribution < 1.29 is 4.79 Å². The molecule has 1 saturated heterocycles. The number of nitrogens with two attached hydrogens (primary N) is 1. The third kappa shape index (κ3) is 5.75. The predicted molar refractivity (Wildman–Crippen MR) is 94.6 cm³/mol. The summed E-state index contributed by atoms with van der Waals surface area (Å²) in [7, 11) is 1.79. The molecule has 0 aromatic heterocycles. The Morgan fingerprint density at radius 2 is 2.17 bits per heavy atom. The second kappa shape index (κ2) is 8.77. The van der Waals surface area contributed by atoms with Crippen molar-refractivity contribution >= 4 is 23.5 Å². The van der Waals surface area contributed by atoms with Crippen LogP contribution in [-0.4, -0.2) is 43.4 Å². The number of rotatable bonds is 5. The Kier molecular flexibility index (Phi) is 6.71. The molecule has 1 aromatic carbocycles. The Labute approximate surface area is 142 Å². The summed E-state index contributed by atoms with van der Waals surface area (Å²) in [5.41, 5.74) is 6.56. The maximum Gasteiger partial charge on any atom is 0.217 e. The van der Waals surface area contributed by atoms with Gasteiger partial charge < -0.3 is 16.0 Å². The summed E-state index contributed by atoms with van der Waals surface area (Å²) in [5.74, 6) is 1.01. The molecule has 1 aliphatic rings. The molecule has 0 saturated carbocycles. The standard InChI is InChI=1S/C17H25ClN4O/c1-20-17(21-9-8-13-4-6-15(18)7-5-13)22-10-2-3-14(12-22)11-16(19)23/h4-7,14H,2-3,8-12H2,1H3,(H2,19,23)(H,20,21). The molecule has 6 heteroatoms. The van der Waals surface area contributed by atoms with Crippen LogP contribution in [0.5, 0.6) is 0 Å². The van der Waals surface area contributed by atoms with Gasteiger partial charge in [0, 0.05) is 38.1 Å². The second-order valence-corrected chi connectivity index (χ2v) is 6.41. The number of amides is 1. The third-order valence-electron chi connectivity index (χ3n) is 4.13. The summed E-state index contributed by atoms with van der Waals surface area (Å²) >= 11 is 5.90. The number of benzene rings is 1.